The highest BCUT2D eigenvalue weighted by molar-refractivity contribution is 7.71. The third-order valence-electron chi connectivity index (χ3n) is 3.64. The Balaban J connectivity index is 2.10. The number of aromatic amines is 1. The number of nitrogens with one attached hydrogen (secondary N) is 1. The van der Waals surface area contributed by atoms with Crippen molar-refractivity contribution in [3.8, 4) is 22.5 Å². The van der Waals surface area contributed by atoms with E-state index < -0.39 is 28.5 Å². The number of alkyl halides is 3. The van der Waals surface area contributed by atoms with Crippen LogP contribution < -0.4 is 0 Å². The molecule has 0 spiro atoms. The molecule has 0 bridgehead atoms. The van der Waals surface area contributed by atoms with Crippen LogP contribution in [0.3, 0.4) is 0 Å². The fourth-order valence-electron chi connectivity index (χ4n) is 2.46. The first kappa shape index (κ1) is 18.1. The molecular formula is C17H12F4N2O2S. The van der Waals surface area contributed by atoms with Gasteiger partial charge in [-0.05, 0) is 29.8 Å². The van der Waals surface area contributed by atoms with E-state index in [0.29, 0.717) is 16.7 Å². The van der Waals surface area contributed by atoms with Crippen molar-refractivity contribution in [2.24, 2.45) is 0 Å². The molecule has 0 amide bonds. The molecular weight excluding hydrogens is 372 g/mol. The lowest BCUT2D eigenvalue weighted by Crippen LogP contribution is -2.07. The van der Waals surface area contributed by atoms with Gasteiger partial charge in [0.15, 0.2) is 0 Å². The Kier molecular flexibility index (Phi) is 4.82. The van der Waals surface area contributed by atoms with E-state index in [1.807, 2.05) is 0 Å². The topological polar surface area (TPSA) is 62.8 Å². The van der Waals surface area contributed by atoms with Crippen molar-refractivity contribution in [3.63, 3.8) is 0 Å². The largest absolute Gasteiger partial charge is 0.449 e. The minimum absolute atomic E-state index is 0.0435. The number of hydrogen-bond acceptors (Lipinski definition) is 3. The van der Waals surface area contributed by atoms with E-state index in [2.05, 4.69) is 9.97 Å². The molecule has 1 heterocycles. The monoisotopic (exact) mass is 384 g/mol. The molecule has 0 unspecified atom stereocenters. The molecule has 0 aliphatic heterocycles. The van der Waals surface area contributed by atoms with Gasteiger partial charge >= 0.3 is 6.18 Å². The van der Waals surface area contributed by atoms with Gasteiger partial charge in [-0.25, -0.2) is 17.8 Å². The van der Waals surface area contributed by atoms with Crippen molar-refractivity contribution in [2.75, 3.05) is 0 Å². The van der Waals surface area contributed by atoms with Crippen LogP contribution in [0.4, 0.5) is 17.6 Å². The smallest absolute Gasteiger partial charge is 0.334 e. The summed E-state index contributed by atoms with van der Waals surface area (Å²) in [4.78, 5) is 5.89. The van der Waals surface area contributed by atoms with E-state index in [4.69, 9.17) is 0 Å². The van der Waals surface area contributed by atoms with Gasteiger partial charge in [0.05, 0.1) is 17.1 Å². The van der Waals surface area contributed by atoms with Gasteiger partial charge in [0, 0.05) is 11.1 Å². The lowest BCUT2D eigenvalue weighted by atomic mass is 10.0. The zero-order valence-corrected chi connectivity index (χ0v) is 13.9. The second-order valence-electron chi connectivity index (χ2n) is 5.50. The Morgan fingerprint density at radius 1 is 0.923 bits per heavy atom. The van der Waals surface area contributed by atoms with Crippen LogP contribution in [-0.2, 0) is 22.6 Å². The van der Waals surface area contributed by atoms with Crippen molar-refractivity contribution in [1.29, 1.82) is 0 Å². The highest BCUT2D eigenvalue weighted by Crippen LogP contribution is 2.35. The van der Waals surface area contributed by atoms with Gasteiger partial charge in [-0.15, -0.1) is 0 Å². The minimum atomic E-state index is -4.67. The SMILES string of the molecule is O=[SH](=O)Cc1ccc(-c2nc(C(F)(F)F)[nH]c2-c2ccc(F)cc2)cc1. The van der Waals surface area contributed by atoms with Crippen molar-refractivity contribution < 1.29 is 26.0 Å². The molecule has 2 aromatic carbocycles. The normalized spacial score (nSPS) is 11.9. The predicted octanol–water partition coefficient (Wildman–Crippen LogP) is 4.01. The van der Waals surface area contributed by atoms with E-state index >= 15 is 0 Å². The molecule has 136 valence electrons. The third-order valence-corrected chi connectivity index (χ3v) is 4.27. The molecule has 4 nitrogen and oxygen atoms in total. The first-order chi connectivity index (χ1) is 12.2. The summed E-state index contributed by atoms with van der Waals surface area (Å²) < 4.78 is 73.8. The van der Waals surface area contributed by atoms with Gasteiger partial charge in [-0.2, -0.15) is 13.2 Å². The van der Waals surface area contributed by atoms with E-state index in [0.717, 1.165) is 12.1 Å². The van der Waals surface area contributed by atoms with E-state index in [-0.39, 0.29) is 17.1 Å². The maximum Gasteiger partial charge on any atom is 0.449 e. The molecule has 9 heteroatoms. The molecule has 0 fully saturated rings. The van der Waals surface area contributed by atoms with Crippen LogP contribution in [0.15, 0.2) is 48.5 Å². The number of nitrogens with zero attached hydrogens (tertiary/aromatic N) is 1. The number of rotatable bonds is 4. The summed E-state index contributed by atoms with van der Waals surface area (Å²) in [7, 11) is -2.60. The van der Waals surface area contributed by atoms with Gasteiger partial charge in [0.25, 0.3) is 0 Å². The Morgan fingerprint density at radius 2 is 1.50 bits per heavy atom. The first-order valence-corrected chi connectivity index (χ1v) is 8.74. The van der Waals surface area contributed by atoms with Gasteiger partial charge < -0.3 is 4.98 Å². The molecule has 0 aliphatic carbocycles. The molecule has 0 aliphatic rings. The standard InChI is InChI=1S/C17H12F4N2O2S/c18-13-7-5-12(6-8-13)15-14(22-16(23-15)17(19,20)21)11-3-1-10(2-4-11)9-26(24)25/h1-8,26H,9H2,(H,22,23). The fourth-order valence-corrected chi connectivity index (χ4v) is 2.97. The summed E-state index contributed by atoms with van der Waals surface area (Å²) in [6.45, 7) is 0. The third kappa shape index (κ3) is 3.93. The summed E-state index contributed by atoms with van der Waals surface area (Å²) in [6, 6.07) is 11.0. The number of benzene rings is 2. The van der Waals surface area contributed by atoms with Gasteiger partial charge in [0.2, 0.25) is 5.82 Å². The highest BCUT2D eigenvalue weighted by Gasteiger charge is 2.36. The number of aromatic nitrogens is 2. The van der Waals surface area contributed by atoms with Gasteiger partial charge in [-0.1, -0.05) is 24.3 Å². The fraction of sp³-hybridized carbons (Fsp3) is 0.118. The zero-order valence-electron chi connectivity index (χ0n) is 13.0. The summed E-state index contributed by atoms with van der Waals surface area (Å²) in [5.74, 6) is -1.84. The quantitative estimate of drug-likeness (QED) is 0.528. The van der Waals surface area contributed by atoms with E-state index in [1.165, 1.54) is 36.4 Å². The second-order valence-corrected chi connectivity index (χ2v) is 6.48. The average Bonchev–Trinajstić information content (AvgIpc) is 3.01. The van der Waals surface area contributed by atoms with E-state index in [1.54, 1.807) is 0 Å². The molecule has 0 saturated carbocycles. The number of halogens is 4. The van der Waals surface area contributed by atoms with Crippen molar-refractivity contribution >= 4 is 10.7 Å². The molecule has 0 radical (unpaired) electrons. The maximum atomic E-state index is 13.1. The second kappa shape index (κ2) is 6.91. The van der Waals surface area contributed by atoms with Crippen LogP contribution in [0.1, 0.15) is 11.4 Å². The lowest BCUT2D eigenvalue weighted by molar-refractivity contribution is -0.144. The van der Waals surface area contributed by atoms with Crippen LogP contribution in [0.2, 0.25) is 0 Å². The summed E-state index contributed by atoms with van der Waals surface area (Å²) >= 11 is 0. The number of hydrogen-bond donors (Lipinski definition) is 2. The lowest BCUT2D eigenvalue weighted by Gasteiger charge is -2.04. The molecule has 26 heavy (non-hydrogen) atoms. The molecule has 0 atom stereocenters. The zero-order chi connectivity index (χ0) is 18.9. The Hall–Kier alpha value is -2.68. The Bertz CT molecular complexity index is 983. The van der Waals surface area contributed by atoms with Gasteiger partial charge in [-0.3, -0.25) is 0 Å². The number of imidazole rings is 1. The molecule has 3 rings (SSSR count). The maximum absolute atomic E-state index is 13.1. The highest BCUT2D eigenvalue weighted by atomic mass is 32.2. The van der Waals surface area contributed by atoms with Crippen LogP contribution in [0.5, 0.6) is 0 Å². The Morgan fingerprint density at radius 3 is 2.04 bits per heavy atom. The summed E-state index contributed by atoms with van der Waals surface area (Å²) in [6.07, 6.45) is -4.67. The molecule has 3 aromatic rings. The molecule has 1 N–H and O–H groups in total. The van der Waals surface area contributed by atoms with Crippen LogP contribution in [0.25, 0.3) is 22.5 Å². The number of H-pyrrole nitrogens is 1. The molecule has 1 aromatic heterocycles. The summed E-state index contributed by atoms with van der Waals surface area (Å²) in [5, 5.41) is 0. The van der Waals surface area contributed by atoms with Crippen molar-refractivity contribution in [2.45, 2.75) is 11.9 Å². The minimum Gasteiger partial charge on any atom is -0.334 e. The van der Waals surface area contributed by atoms with Crippen LogP contribution >= 0.6 is 0 Å². The molecule has 0 saturated heterocycles. The van der Waals surface area contributed by atoms with Crippen LogP contribution in [-0.4, -0.2) is 18.4 Å². The number of thiol groups is 1. The van der Waals surface area contributed by atoms with Crippen molar-refractivity contribution in [3.05, 3.63) is 65.7 Å². The van der Waals surface area contributed by atoms with E-state index in [9.17, 15) is 26.0 Å². The van der Waals surface area contributed by atoms with Crippen molar-refractivity contribution in [1.82, 2.24) is 9.97 Å². The first-order valence-electron chi connectivity index (χ1n) is 7.38. The van der Waals surface area contributed by atoms with Gasteiger partial charge in [0.1, 0.15) is 16.5 Å². The Labute approximate surface area is 147 Å². The predicted molar refractivity (Wildman–Crippen MR) is 88.4 cm³/mol. The average molecular weight is 384 g/mol. The van der Waals surface area contributed by atoms with Crippen LogP contribution in [0, 0.1) is 5.82 Å². The summed E-state index contributed by atoms with van der Waals surface area (Å²) in [5.41, 5.74) is 1.37.